The summed E-state index contributed by atoms with van der Waals surface area (Å²) in [7, 11) is 0. The van der Waals surface area contributed by atoms with Crippen LogP contribution in [-0.2, 0) is 11.3 Å². The number of aromatic carboxylic acids is 1. The summed E-state index contributed by atoms with van der Waals surface area (Å²) in [6, 6.07) is 7.20. The van der Waals surface area contributed by atoms with Crippen LogP contribution >= 0.6 is 0 Å². The lowest BCUT2D eigenvalue weighted by molar-refractivity contribution is 0.0662. The summed E-state index contributed by atoms with van der Waals surface area (Å²) in [5.41, 5.74) is 1.27. The largest absolute Gasteiger partial charge is 0.478 e. The zero-order chi connectivity index (χ0) is 13.0. The van der Waals surface area contributed by atoms with Gasteiger partial charge in [0.25, 0.3) is 0 Å². The highest BCUT2D eigenvalue weighted by molar-refractivity contribution is 5.89. The Morgan fingerprint density at radius 1 is 1.50 bits per heavy atom. The van der Waals surface area contributed by atoms with Crippen LogP contribution in [0.2, 0.25) is 0 Å². The molecule has 2 rings (SSSR count). The van der Waals surface area contributed by atoms with Gasteiger partial charge in [0, 0.05) is 26.2 Å². The molecule has 1 aromatic carbocycles. The zero-order valence-electron chi connectivity index (χ0n) is 10.6. The Balaban J connectivity index is 2.10. The molecule has 1 fully saturated rings. The number of ether oxygens (including phenoxy) is 1. The fraction of sp³-hybridized carbons (Fsp3) is 0.500. The van der Waals surface area contributed by atoms with E-state index in [1.54, 1.807) is 12.1 Å². The first-order valence-electron chi connectivity index (χ1n) is 6.32. The molecule has 0 spiro atoms. The van der Waals surface area contributed by atoms with Gasteiger partial charge < -0.3 is 9.84 Å². The standard InChI is InChI=1S/C14H19NO3/c1-11-9-15(7-4-8-18-11)10-12-5-2-3-6-13(12)14(16)17/h2-3,5-6,11H,4,7-10H2,1H3,(H,16,17). The fourth-order valence-electron chi connectivity index (χ4n) is 2.33. The first-order chi connectivity index (χ1) is 8.66. The van der Waals surface area contributed by atoms with E-state index in [2.05, 4.69) is 11.8 Å². The number of hydrogen-bond donors (Lipinski definition) is 1. The lowest BCUT2D eigenvalue weighted by Crippen LogP contribution is -2.30. The van der Waals surface area contributed by atoms with Crippen molar-refractivity contribution in [2.45, 2.75) is 26.0 Å². The molecule has 1 aliphatic heterocycles. The van der Waals surface area contributed by atoms with Crippen LogP contribution in [0.25, 0.3) is 0 Å². The monoisotopic (exact) mass is 249 g/mol. The molecule has 18 heavy (non-hydrogen) atoms. The summed E-state index contributed by atoms with van der Waals surface area (Å²) in [6.45, 7) is 5.34. The van der Waals surface area contributed by atoms with Crippen LogP contribution < -0.4 is 0 Å². The Bertz CT molecular complexity index is 419. The highest BCUT2D eigenvalue weighted by Crippen LogP contribution is 2.14. The van der Waals surface area contributed by atoms with Crippen LogP contribution in [0.5, 0.6) is 0 Å². The average molecular weight is 249 g/mol. The molecule has 4 nitrogen and oxygen atoms in total. The number of carboxylic acids is 1. The van der Waals surface area contributed by atoms with Crippen molar-refractivity contribution in [2.75, 3.05) is 19.7 Å². The van der Waals surface area contributed by atoms with Gasteiger partial charge in [0.05, 0.1) is 11.7 Å². The number of carbonyl (C=O) groups is 1. The second-order valence-corrected chi connectivity index (χ2v) is 4.73. The van der Waals surface area contributed by atoms with Gasteiger partial charge in [-0.25, -0.2) is 4.79 Å². The molecule has 1 heterocycles. The maximum Gasteiger partial charge on any atom is 0.336 e. The second-order valence-electron chi connectivity index (χ2n) is 4.73. The maximum absolute atomic E-state index is 11.2. The summed E-state index contributed by atoms with van der Waals surface area (Å²) in [5, 5.41) is 9.16. The van der Waals surface area contributed by atoms with Gasteiger partial charge in [-0.2, -0.15) is 0 Å². The van der Waals surface area contributed by atoms with Crippen molar-refractivity contribution in [3.8, 4) is 0 Å². The van der Waals surface area contributed by atoms with E-state index in [1.165, 1.54) is 0 Å². The Hall–Kier alpha value is -1.39. The van der Waals surface area contributed by atoms with Gasteiger partial charge in [-0.1, -0.05) is 18.2 Å². The van der Waals surface area contributed by atoms with Gasteiger partial charge in [-0.05, 0) is 25.0 Å². The van der Waals surface area contributed by atoms with Crippen molar-refractivity contribution in [2.24, 2.45) is 0 Å². The van der Waals surface area contributed by atoms with E-state index >= 15 is 0 Å². The van der Waals surface area contributed by atoms with Crippen LogP contribution in [0.3, 0.4) is 0 Å². The van der Waals surface area contributed by atoms with Gasteiger partial charge in [-0.15, -0.1) is 0 Å². The lowest BCUT2D eigenvalue weighted by Gasteiger charge is -2.22. The minimum absolute atomic E-state index is 0.212. The highest BCUT2D eigenvalue weighted by Gasteiger charge is 2.17. The van der Waals surface area contributed by atoms with E-state index < -0.39 is 5.97 Å². The smallest absolute Gasteiger partial charge is 0.336 e. The van der Waals surface area contributed by atoms with Gasteiger partial charge in [-0.3, -0.25) is 4.90 Å². The third-order valence-electron chi connectivity index (χ3n) is 3.18. The highest BCUT2D eigenvalue weighted by atomic mass is 16.5. The molecule has 0 aromatic heterocycles. The van der Waals surface area contributed by atoms with E-state index in [9.17, 15) is 4.79 Å². The van der Waals surface area contributed by atoms with Crippen LogP contribution in [0, 0.1) is 0 Å². The number of benzene rings is 1. The van der Waals surface area contributed by atoms with Crippen LogP contribution in [0.1, 0.15) is 29.3 Å². The van der Waals surface area contributed by atoms with Crippen LogP contribution in [-0.4, -0.2) is 41.8 Å². The van der Waals surface area contributed by atoms with Crippen molar-refractivity contribution >= 4 is 5.97 Å². The summed E-state index contributed by atoms with van der Waals surface area (Å²) in [4.78, 5) is 13.4. The predicted octanol–water partition coefficient (Wildman–Crippen LogP) is 2.00. The van der Waals surface area contributed by atoms with Crippen molar-refractivity contribution in [3.05, 3.63) is 35.4 Å². The minimum Gasteiger partial charge on any atom is -0.478 e. The molecule has 0 amide bonds. The minimum atomic E-state index is -0.857. The third kappa shape index (κ3) is 3.31. The van der Waals surface area contributed by atoms with Crippen LogP contribution in [0.4, 0.5) is 0 Å². The predicted molar refractivity (Wildman–Crippen MR) is 68.7 cm³/mol. The molecule has 1 N–H and O–H groups in total. The van der Waals surface area contributed by atoms with Crippen molar-refractivity contribution in [3.63, 3.8) is 0 Å². The summed E-state index contributed by atoms with van der Waals surface area (Å²) in [5.74, 6) is -0.857. The molecule has 1 unspecified atom stereocenters. The Labute approximate surface area is 107 Å². The SMILES string of the molecule is CC1CN(Cc2ccccc2C(=O)O)CCCO1. The molecule has 0 saturated carbocycles. The summed E-state index contributed by atoms with van der Waals surface area (Å²) in [6.07, 6.45) is 1.21. The van der Waals surface area contributed by atoms with Crippen LogP contribution in [0.15, 0.2) is 24.3 Å². The Kier molecular flexibility index (Phi) is 4.33. The molecular weight excluding hydrogens is 230 g/mol. The number of rotatable bonds is 3. The average Bonchev–Trinajstić information content (AvgIpc) is 2.54. The molecule has 1 saturated heterocycles. The molecule has 98 valence electrons. The molecule has 0 bridgehead atoms. The van der Waals surface area contributed by atoms with Gasteiger partial charge in [0.15, 0.2) is 0 Å². The van der Waals surface area contributed by atoms with E-state index in [0.29, 0.717) is 12.1 Å². The summed E-state index contributed by atoms with van der Waals surface area (Å²) >= 11 is 0. The lowest BCUT2D eigenvalue weighted by atomic mass is 10.1. The topological polar surface area (TPSA) is 49.8 Å². The maximum atomic E-state index is 11.2. The number of nitrogens with zero attached hydrogens (tertiary/aromatic N) is 1. The number of hydrogen-bond acceptors (Lipinski definition) is 3. The summed E-state index contributed by atoms with van der Waals surface area (Å²) < 4.78 is 5.59. The fourth-order valence-corrected chi connectivity index (χ4v) is 2.33. The molecular formula is C14H19NO3. The van der Waals surface area contributed by atoms with Crippen molar-refractivity contribution in [1.82, 2.24) is 4.90 Å². The normalized spacial score (nSPS) is 21.5. The molecule has 0 radical (unpaired) electrons. The van der Waals surface area contributed by atoms with Crippen molar-refractivity contribution in [1.29, 1.82) is 0 Å². The second kappa shape index (κ2) is 5.98. The molecule has 1 aromatic rings. The van der Waals surface area contributed by atoms with E-state index in [1.807, 2.05) is 12.1 Å². The van der Waals surface area contributed by atoms with Gasteiger partial charge in [0.2, 0.25) is 0 Å². The molecule has 4 heteroatoms. The van der Waals surface area contributed by atoms with E-state index in [-0.39, 0.29) is 6.10 Å². The number of carboxylic acid groups (broad SMARTS) is 1. The van der Waals surface area contributed by atoms with E-state index in [0.717, 1.165) is 31.7 Å². The van der Waals surface area contributed by atoms with Crippen molar-refractivity contribution < 1.29 is 14.6 Å². The zero-order valence-corrected chi connectivity index (χ0v) is 10.6. The Morgan fingerprint density at radius 2 is 2.28 bits per heavy atom. The first-order valence-corrected chi connectivity index (χ1v) is 6.32. The van der Waals surface area contributed by atoms with Gasteiger partial charge >= 0.3 is 5.97 Å². The van der Waals surface area contributed by atoms with E-state index in [4.69, 9.17) is 9.84 Å². The quantitative estimate of drug-likeness (QED) is 0.890. The third-order valence-corrected chi connectivity index (χ3v) is 3.18. The first kappa shape index (κ1) is 13.1. The van der Waals surface area contributed by atoms with Gasteiger partial charge in [0.1, 0.15) is 0 Å². The Morgan fingerprint density at radius 3 is 3.06 bits per heavy atom. The molecule has 1 atom stereocenters. The molecule has 1 aliphatic rings. The molecule has 0 aliphatic carbocycles.